The van der Waals surface area contributed by atoms with Gasteiger partial charge in [-0.2, -0.15) is 0 Å². The van der Waals surface area contributed by atoms with Crippen LogP contribution in [0.3, 0.4) is 0 Å². The summed E-state index contributed by atoms with van der Waals surface area (Å²) in [5, 5.41) is 5.66. The van der Waals surface area contributed by atoms with E-state index >= 15 is 0 Å². The molecule has 2 aromatic carbocycles. The number of rotatable bonds is 6. The highest BCUT2D eigenvalue weighted by molar-refractivity contribution is 6.31. The van der Waals surface area contributed by atoms with Gasteiger partial charge in [-0.15, -0.1) is 0 Å². The molecule has 3 aromatic rings. The Morgan fingerprint density at radius 3 is 2.67 bits per heavy atom. The zero-order valence-corrected chi connectivity index (χ0v) is 15.1. The van der Waals surface area contributed by atoms with Gasteiger partial charge in [0, 0.05) is 18.4 Å². The first-order valence-electron chi connectivity index (χ1n) is 8.01. The third-order valence-electron chi connectivity index (χ3n) is 3.68. The number of amides is 1. The molecule has 0 saturated heterocycles. The number of halogens is 2. The standard InChI is InChI=1S/C19H16ClFN4O2/c1-27-14-5-2-12(3-6-14)11-23-18(26)17-8-9-22-19(25-17)24-13-4-7-16(21)15(20)10-13/h2-10H,11H2,1H3,(H,23,26)(H,22,24,25). The van der Waals surface area contributed by atoms with Gasteiger partial charge in [0.2, 0.25) is 5.95 Å². The van der Waals surface area contributed by atoms with E-state index < -0.39 is 5.82 Å². The minimum atomic E-state index is -0.519. The number of hydrogen-bond donors (Lipinski definition) is 2. The van der Waals surface area contributed by atoms with Gasteiger partial charge in [-0.1, -0.05) is 23.7 Å². The van der Waals surface area contributed by atoms with Crippen molar-refractivity contribution >= 4 is 29.1 Å². The Kier molecular flexibility index (Phi) is 5.83. The van der Waals surface area contributed by atoms with Gasteiger partial charge in [0.15, 0.2) is 0 Å². The molecule has 0 aliphatic carbocycles. The number of ether oxygens (including phenoxy) is 1. The van der Waals surface area contributed by atoms with Crippen LogP contribution in [0.4, 0.5) is 16.0 Å². The van der Waals surface area contributed by atoms with Crippen LogP contribution in [0.5, 0.6) is 5.75 Å². The maximum absolute atomic E-state index is 13.2. The van der Waals surface area contributed by atoms with Gasteiger partial charge in [-0.25, -0.2) is 14.4 Å². The molecule has 2 N–H and O–H groups in total. The Morgan fingerprint density at radius 1 is 1.19 bits per heavy atom. The molecule has 1 heterocycles. The molecule has 0 aliphatic heterocycles. The van der Waals surface area contributed by atoms with Crippen molar-refractivity contribution in [2.24, 2.45) is 0 Å². The van der Waals surface area contributed by atoms with E-state index in [2.05, 4.69) is 20.6 Å². The molecular weight excluding hydrogens is 371 g/mol. The summed E-state index contributed by atoms with van der Waals surface area (Å²) in [6.07, 6.45) is 1.46. The second kappa shape index (κ2) is 8.46. The summed E-state index contributed by atoms with van der Waals surface area (Å²) in [4.78, 5) is 20.5. The van der Waals surface area contributed by atoms with Crippen LogP contribution in [-0.4, -0.2) is 23.0 Å². The van der Waals surface area contributed by atoms with Crippen molar-refractivity contribution in [2.45, 2.75) is 6.54 Å². The molecule has 8 heteroatoms. The Balaban J connectivity index is 1.64. The van der Waals surface area contributed by atoms with Crippen LogP contribution in [0, 0.1) is 5.82 Å². The number of carbonyl (C=O) groups excluding carboxylic acids is 1. The fourth-order valence-corrected chi connectivity index (χ4v) is 2.45. The Labute approximate surface area is 160 Å². The van der Waals surface area contributed by atoms with E-state index in [1.165, 1.54) is 30.5 Å². The highest BCUT2D eigenvalue weighted by atomic mass is 35.5. The molecule has 1 amide bonds. The van der Waals surface area contributed by atoms with E-state index in [-0.39, 0.29) is 22.6 Å². The summed E-state index contributed by atoms with van der Waals surface area (Å²) >= 11 is 5.75. The number of anilines is 2. The van der Waals surface area contributed by atoms with Crippen LogP contribution in [0.25, 0.3) is 0 Å². The van der Waals surface area contributed by atoms with Crippen LogP contribution in [-0.2, 0) is 6.54 Å². The van der Waals surface area contributed by atoms with Crippen molar-refractivity contribution in [1.29, 1.82) is 0 Å². The fraction of sp³-hybridized carbons (Fsp3) is 0.105. The van der Waals surface area contributed by atoms with Crippen LogP contribution in [0.15, 0.2) is 54.7 Å². The van der Waals surface area contributed by atoms with Crippen LogP contribution in [0.1, 0.15) is 16.1 Å². The molecule has 0 bridgehead atoms. The maximum atomic E-state index is 13.2. The first-order valence-corrected chi connectivity index (χ1v) is 8.39. The average Bonchev–Trinajstić information content (AvgIpc) is 2.69. The zero-order valence-electron chi connectivity index (χ0n) is 14.4. The lowest BCUT2D eigenvalue weighted by atomic mass is 10.2. The molecule has 0 radical (unpaired) electrons. The van der Waals surface area contributed by atoms with E-state index in [1.54, 1.807) is 7.11 Å². The quantitative estimate of drug-likeness (QED) is 0.670. The van der Waals surface area contributed by atoms with Crippen molar-refractivity contribution in [2.75, 3.05) is 12.4 Å². The zero-order chi connectivity index (χ0) is 19.2. The molecule has 0 saturated carbocycles. The monoisotopic (exact) mass is 386 g/mol. The predicted octanol–water partition coefficient (Wildman–Crippen LogP) is 3.95. The summed E-state index contributed by atoms with van der Waals surface area (Å²) in [7, 11) is 1.59. The van der Waals surface area contributed by atoms with Gasteiger partial charge in [-0.3, -0.25) is 4.79 Å². The van der Waals surface area contributed by atoms with Crippen molar-refractivity contribution in [3.63, 3.8) is 0 Å². The number of methoxy groups -OCH3 is 1. The molecular formula is C19H16ClFN4O2. The van der Waals surface area contributed by atoms with Crippen molar-refractivity contribution in [1.82, 2.24) is 15.3 Å². The third-order valence-corrected chi connectivity index (χ3v) is 3.97. The van der Waals surface area contributed by atoms with Gasteiger partial charge < -0.3 is 15.4 Å². The van der Waals surface area contributed by atoms with Gasteiger partial charge in [0.1, 0.15) is 17.3 Å². The molecule has 0 unspecified atom stereocenters. The van der Waals surface area contributed by atoms with Gasteiger partial charge in [-0.05, 0) is 42.0 Å². The lowest BCUT2D eigenvalue weighted by Crippen LogP contribution is -2.24. The minimum Gasteiger partial charge on any atom is -0.497 e. The Hall–Kier alpha value is -3.19. The lowest BCUT2D eigenvalue weighted by molar-refractivity contribution is 0.0946. The van der Waals surface area contributed by atoms with Crippen LogP contribution < -0.4 is 15.4 Å². The van der Waals surface area contributed by atoms with Gasteiger partial charge >= 0.3 is 0 Å². The predicted molar refractivity (Wildman–Crippen MR) is 101 cm³/mol. The van der Waals surface area contributed by atoms with Gasteiger partial charge in [0.05, 0.1) is 12.1 Å². The summed E-state index contributed by atoms with van der Waals surface area (Å²) in [6.45, 7) is 0.350. The first-order chi connectivity index (χ1) is 13.0. The van der Waals surface area contributed by atoms with E-state index in [9.17, 15) is 9.18 Å². The maximum Gasteiger partial charge on any atom is 0.270 e. The summed E-state index contributed by atoms with van der Waals surface area (Å²) < 4.78 is 18.3. The number of nitrogens with one attached hydrogen (secondary N) is 2. The number of hydrogen-bond acceptors (Lipinski definition) is 5. The van der Waals surface area contributed by atoms with Crippen LogP contribution in [0.2, 0.25) is 5.02 Å². The normalized spacial score (nSPS) is 10.3. The molecule has 0 atom stereocenters. The summed E-state index contributed by atoms with van der Waals surface area (Å²) in [5.74, 6) is 0.0930. The molecule has 0 spiro atoms. The molecule has 27 heavy (non-hydrogen) atoms. The smallest absolute Gasteiger partial charge is 0.270 e. The minimum absolute atomic E-state index is 0.0200. The van der Waals surface area contributed by atoms with Crippen molar-refractivity contribution in [3.8, 4) is 5.75 Å². The second-order valence-electron chi connectivity index (χ2n) is 5.55. The first kappa shape index (κ1) is 18.6. The highest BCUT2D eigenvalue weighted by Gasteiger charge is 2.09. The molecule has 0 aliphatic rings. The summed E-state index contributed by atoms with van der Waals surface area (Å²) in [6, 6.07) is 13.0. The van der Waals surface area contributed by atoms with Crippen LogP contribution >= 0.6 is 11.6 Å². The summed E-state index contributed by atoms with van der Waals surface area (Å²) in [5.41, 5.74) is 1.64. The molecule has 0 fully saturated rings. The number of benzene rings is 2. The van der Waals surface area contributed by atoms with E-state index in [1.807, 2.05) is 24.3 Å². The molecule has 138 valence electrons. The third kappa shape index (κ3) is 4.92. The number of nitrogens with zero attached hydrogens (tertiary/aromatic N) is 2. The lowest BCUT2D eigenvalue weighted by Gasteiger charge is -2.08. The van der Waals surface area contributed by atoms with Gasteiger partial charge in [0.25, 0.3) is 5.91 Å². The van der Waals surface area contributed by atoms with E-state index in [0.717, 1.165) is 11.3 Å². The fourth-order valence-electron chi connectivity index (χ4n) is 2.26. The van der Waals surface area contributed by atoms with Crippen molar-refractivity contribution in [3.05, 3.63) is 76.8 Å². The topological polar surface area (TPSA) is 76.1 Å². The number of aromatic nitrogens is 2. The second-order valence-corrected chi connectivity index (χ2v) is 5.96. The largest absolute Gasteiger partial charge is 0.497 e. The highest BCUT2D eigenvalue weighted by Crippen LogP contribution is 2.21. The molecule has 6 nitrogen and oxygen atoms in total. The SMILES string of the molecule is COc1ccc(CNC(=O)c2ccnc(Nc3ccc(F)c(Cl)c3)n2)cc1. The average molecular weight is 387 g/mol. The number of carbonyl (C=O) groups is 1. The Morgan fingerprint density at radius 2 is 1.96 bits per heavy atom. The molecule has 1 aromatic heterocycles. The molecule has 3 rings (SSSR count). The van der Waals surface area contributed by atoms with Crippen molar-refractivity contribution < 1.29 is 13.9 Å². The van der Waals surface area contributed by atoms with E-state index in [4.69, 9.17) is 16.3 Å². The van der Waals surface area contributed by atoms with E-state index in [0.29, 0.717) is 12.2 Å². The Bertz CT molecular complexity index is 951.